The number of aryl methyl sites for hydroxylation is 1. The molecule has 1 aromatic heterocycles. The van der Waals surface area contributed by atoms with Crippen molar-refractivity contribution in [3.8, 4) is 0 Å². The van der Waals surface area contributed by atoms with Crippen LogP contribution in [0, 0.1) is 6.92 Å². The van der Waals surface area contributed by atoms with E-state index >= 15 is 0 Å². The van der Waals surface area contributed by atoms with Crippen LogP contribution >= 0.6 is 23.2 Å². The molecule has 0 aliphatic heterocycles. The number of halogens is 2. The Hall–Kier alpha value is -1.16. The fourth-order valence-corrected chi connectivity index (χ4v) is 2.11. The summed E-state index contributed by atoms with van der Waals surface area (Å²) < 4.78 is 0. The molecule has 0 bridgehead atoms. The van der Waals surface area contributed by atoms with E-state index in [0.717, 1.165) is 11.3 Å². The van der Waals surface area contributed by atoms with Crippen LogP contribution in [0.1, 0.15) is 23.1 Å². The van der Waals surface area contributed by atoms with E-state index in [1.54, 1.807) is 18.3 Å². The summed E-state index contributed by atoms with van der Waals surface area (Å²) in [5, 5.41) is 1.32. The molecule has 0 fully saturated rings. The number of benzene rings is 1. The van der Waals surface area contributed by atoms with Gasteiger partial charge in [0.2, 0.25) is 0 Å². The minimum Gasteiger partial charge on any atom is -0.322 e. The zero-order valence-corrected chi connectivity index (χ0v) is 11.4. The van der Waals surface area contributed by atoms with Crippen LogP contribution in [-0.4, -0.2) is 9.97 Å². The number of hydrogen-bond acceptors (Lipinski definition) is 3. The van der Waals surface area contributed by atoms with Crippen LogP contribution in [0.5, 0.6) is 0 Å². The molecule has 0 radical (unpaired) electrons. The lowest BCUT2D eigenvalue weighted by atomic mass is 10.0. The first-order chi connectivity index (χ1) is 8.56. The monoisotopic (exact) mass is 281 g/mol. The van der Waals surface area contributed by atoms with Crippen molar-refractivity contribution in [1.29, 1.82) is 0 Å². The summed E-state index contributed by atoms with van der Waals surface area (Å²) >= 11 is 12.1. The fourth-order valence-electron chi connectivity index (χ4n) is 1.72. The number of nitrogens with zero attached hydrogens (tertiary/aromatic N) is 2. The van der Waals surface area contributed by atoms with E-state index in [1.165, 1.54) is 0 Å². The average molecular weight is 282 g/mol. The highest BCUT2D eigenvalue weighted by Gasteiger charge is 2.11. The molecular formula is C13H13Cl2N3. The predicted octanol–water partition coefficient (Wildman–Crippen LogP) is 3.33. The molecule has 2 N–H and O–H groups in total. The standard InChI is InChI=1S/C13H13Cl2N3/c1-8-17-5-4-13(18-8)12(16)7-9-6-10(14)2-3-11(9)15/h2-6,12H,7,16H2,1H3. The second-order valence-corrected chi connectivity index (χ2v) is 4.92. The van der Waals surface area contributed by atoms with Crippen LogP contribution in [0.2, 0.25) is 10.0 Å². The maximum absolute atomic E-state index is 6.12. The molecule has 5 heteroatoms. The Kier molecular flexibility index (Phi) is 4.17. The van der Waals surface area contributed by atoms with E-state index in [2.05, 4.69) is 9.97 Å². The third-order valence-electron chi connectivity index (χ3n) is 2.63. The van der Waals surface area contributed by atoms with Gasteiger partial charge in [0, 0.05) is 16.2 Å². The summed E-state index contributed by atoms with van der Waals surface area (Å²) in [7, 11) is 0. The number of nitrogens with two attached hydrogens (primary N) is 1. The van der Waals surface area contributed by atoms with Crippen LogP contribution in [0.4, 0.5) is 0 Å². The highest BCUT2D eigenvalue weighted by Crippen LogP contribution is 2.24. The molecule has 2 aromatic rings. The second-order valence-electron chi connectivity index (χ2n) is 4.08. The van der Waals surface area contributed by atoms with Crippen LogP contribution in [0.3, 0.4) is 0 Å². The number of hydrogen-bond donors (Lipinski definition) is 1. The van der Waals surface area contributed by atoms with Gasteiger partial charge in [0.05, 0.1) is 11.7 Å². The number of aromatic nitrogens is 2. The molecule has 1 atom stereocenters. The van der Waals surface area contributed by atoms with E-state index in [-0.39, 0.29) is 6.04 Å². The third kappa shape index (κ3) is 3.19. The Labute approximate surface area is 116 Å². The minimum absolute atomic E-state index is 0.220. The molecule has 1 aromatic carbocycles. The molecule has 0 aliphatic rings. The minimum atomic E-state index is -0.220. The fraction of sp³-hybridized carbons (Fsp3) is 0.231. The van der Waals surface area contributed by atoms with E-state index < -0.39 is 0 Å². The highest BCUT2D eigenvalue weighted by molar-refractivity contribution is 6.33. The summed E-state index contributed by atoms with van der Waals surface area (Å²) in [5.41, 5.74) is 7.85. The van der Waals surface area contributed by atoms with Gasteiger partial charge in [0.15, 0.2) is 0 Å². The van der Waals surface area contributed by atoms with Gasteiger partial charge in [0.25, 0.3) is 0 Å². The maximum atomic E-state index is 6.12. The van der Waals surface area contributed by atoms with Gasteiger partial charge in [-0.3, -0.25) is 0 Å². The lowest BCUT2D eigenvalue weighted by molar-refractivity contribution is 0.688. The van der Waals surface area contributed by atoms with Crippen LogP contribution in [0.15, 0.2) is 30.5 Å². The quantitative estimate of drug-likeness (QED) is 0.939. The van der Waals surface area contributed by atoms with E-state index in [1.807, 2.05) is 19.1 Å². The van der Waals surface area contributed by atoms with Crippen molar-refractivity contribution in [2.24, 2.45) is 5.73 Å². The zero-order valence-electron chi connectivity index (χ0n) is 9.90. The molecule has 2 rings (SSSR count). The Bertz CT molecular complexity index is 558. The van der Waals surface area contributed by atoms with Crippen molar-refractivity contribution in [3.63, 3.8) is 0 Å². The lowest BCUT2D eigenvalue weighted by Crippen LogP contribution is -2.15. The first-order valence-corrected chi connectivity index (χ1v) is 6.31. The summed E-state index contributed by atoms with van der Waals surface area (Å²) in [5.74, 6) is 0.708. The molecule has 0 amide bonds. The van der Waals surface area contributed by atoms with Gasteiger partial charge in [-0.1, -0.05) is 23.2 Å². The van der Waals surface area contributed by atoms with Gasteiger partial charge >= 0.3 is 0 Å². The van der Waals surface area contributed by atoms with E-state index in [9.17, 15) is 0 Å². The zero-order chi connectivity index (χ0) is 13.1. The average Bonchev–Trinajstić information content (AvgIpc) is 2.34. The summed E-state index contributed by atoms with van der Waals surface area (Å²) in [4.78, 5) is 8.36. The Morgan fingerprint density at radius 1 is 1.28 bits per heavy atom. The topological polar surface area (TPSA) is 51.8 Å². The molecule has 3 nitrogen and oxygen atoms in total. The van der Waals surface area contributed by atoms with Gasteiger partial charge in [-0.2, -0.15) is 0 Å². The van der Waals surface area contributed by atoms with Gasteiger partial charge in [-0.05, 0) is 43.2 Å². The van der Waals surface area contributed by atoms with Crippen molar-refractivity contribution < 1.29 is 0 Å². The van der Waals surface area contributed by atoms with Crippen LogP contribution in [-0.2, 0) is 6.42 Å². The number of rotatable bonds is 3. The Balaban J connectivity index is 2.21. The van der Waals surface area contributed by atoms with Crippen LogP contribution in [0.25, 0.3) is 0 Å². The molecule has 0 saturated heterocycles. The van der Waals surface area contributed by atoms with Crippen molar-refractivity contribution in [2.45, 2.75) is 19.4 Å². The Morgan fingerprint density at radius 2 is 2.06 bits per heavy atom. The Morgan fingerprint density at radius 3 is 2.78 bits per heavy atom. The molecule has 0 aliphatic carbocycles. The molecule has 0 saturated carbocycles. The highest BCUT2D eigenvalue weighted by atomic mass is 35.5. The molecule has 0 spiro atoms. The lowest BCUT2D eigenvalue weighted by Gasteiger charge is -2.12. The van der Waals surface area contributed by atoms with Gasteiger partial charge in [0.1, 0.15) is 5.82 Å². The predicted molar refractivity (Wildman–Crippen MR) is 73.9 cm³/mol. The first kappa shape index (κ1) is 13.3. The normalized spacial score (nSPS) is 12.4. The van der Waals surface area contributed by atoms with Gasteiger partial charge < -0.3 is 5.73 Å². The van der Waals surface area contributed by atoms with Gasteiger partial charge in [-0.15, -0.1) is 0 Å². The second kappa shape index (κ2) is 5.65. The smallest absolute Gasteiger partial charge is 0.125 e. The summed E-state index contributed by atoms with van der Waals surface area (Å²) in [6, 6.07) is 6.96. The molecule has 18 heavy (non-hydrogen) atoms. The largest absolute Gasteiger partial charge is 0.322 e. The SMILES string of the molecule is Cc1nccc(C(N)Cc2cc(Cl)ccc2Cl)n1. The molecule has 1 unspecified atom stereocenters. The van der Waals surface area contributed by atoms with Crippen molar-refractivity contribution in [1.82, 2.24) is 9.97 Å². The van der Waals surface area contributed by atoms with E-state index in [0.29, 0.717) is 22.3 Å². The van der Waals surface area contributed by atoms with Gasteiger partial charge in [-0.25, -0.2) is 9.97 Å². The molecular weight excluding hydrogens is 269 g/mol. The maximum Gasteiger partial charge on any atom is 0.125 e. The van der Waals surface area contributed by atoms with E-state index in [4.69, 9.17) is 28.9 Å². The van der Waals surface area contributed by atoms with Crippen LogP contribution < -0.4 is 5.73 Å². The summed E-state index contributed by atoms with van der Waals surface area (Å²) in [6.07, 6.45) is 2.30. The van der Waals surface area contributed by atoms with Crippen molar-refractivity contribution in [2.75, 3.05) is 0 Å². The first-order valence-electron chi connectivity index (χ1n) is 5.55. The van der Waals surface area contributed by atoms with Crippen molar-refractivity contribution >= 4 is 23.2 Å². The van der Waals surface area contributed by atoms with Crippen molar-refractivity contribution in [3.05, 3.63) is 57.6 Å². The molecule has 1 heterocycles. The third-order valence-corrected chi connectivity index (χ3v) is 3.23. The molecule has 94 valence electrons. The summed E-state index contributed by atoms with van der Waals surface area (Å²) in [6.45, 7) is 1.84.